The maximum atomic E-state index is 12.3. The van der Waals surface area contributed by atoms with Gasteiger partial charge in [-0.15, -0.1) is 0 Å². The van der Waals surface area contributed by atoms with Crippen molar-refractivity contribution in [3.05, 3.63) is 64.7 Å². The third kappa shape index (κ3) is 5.81. The number of piperidine rings is 1. The molecule has 2 aromatic carbocycles. The summed E-state index contributed by atoms with van der Waals surface area (Å²) in [7, 11) is 0. The van der Waals surface area contributed by atoms with Gasteiger partial charge < -0.3 is 4.74 Å². The number of carbonyl (C=O) groups is 1. The molecule has 1 N–H and O–H groups in total. The summed E-state index contributed by atoms with van der Waals surface area (Å²) < 4.78 is 5.74. The summed E-state index contributed by atoms with van der Waals surface area (Å²) in [6.07, 6.45) is 1.08. The first-order valence-corrected chi connectivity index (χ1v) is 9.93. The molecule has 1 aliphatic heterocycles. The second-order valence-corrected chi connectivity index (χ2v) is 7.52. The van der Waals surface area contributed by atoms with Gasteiger partial charge in [0.2, 0.25) is 0 Å². The van der Waals surface area contributed by atoms with Gasteiger partial charge in [-0.3, -0.25) is 9.69 Å². The Kier molecular flexibility index (Phi) is 7.06. The van der Waals surface area contributed by atoms with Gasteiger partial charge in [0.25, 0.3) is 5.91 Å². The molecule has 0 spiro atoms. The first-order valence-electron chi connectivity index (χ1n) is 9.55. The van der Waals surface area contributed by atoms with Crippen molar-refractivity contribution < 1.29 is 9.53 Å². The SMILES string of the molecule is Cc1cc(Cl)ccc1OC(C)C(=O)NN=C1CCN(Cc2ccccc2)CC1. The lowest BCUT2D eigenvalue weighted by atomic mass is 10.1. The van der Waals surface area contributed by atoms with Crippen molar-refractivity contribution >= 4 is 23.2 Å². The molecule has 1 amide bonds. The van der Waals surface area contributed by atoms with Crippen LogP contribution in [0.1, 0.15) is 30.9 Å². The zero-order chi connectivity index (χ0) is 19.9. The van der Waals surface area contributed by atoms with E-state index in [1.807, 2.05) is 19.1 Å². The lowest BCUT2D eigenvalue weighted by Gasteiger charge is -2.27. The van der Waals surface area contributed by atoms with Gasteiger partial charge in [0.15, 0.2) is 6.10 Å². The van der Waals surface area contributed by atoms with Crippen molar-refractivity contribution in [2.75, 3.05) is 13.1 Å². The molecule has 1 heterocycles. The van der Waals surface area contributed by atoms with Crippen molar-refractivity contribution in [3.8, 4) is 5.75 Å². The van der Waals surface area contributed by atoms with Crippen LogP contribution in [0.4, 0.5) is 0 Å². The largest absolute Gasteiger partial charge is 0.481 e. The fourth-order valence-corrected chi connectivity index (χ4v) is 3.36. The van der Waals surface area contributed by atoms with Crippen LogP contribution in [0, 0.1) is 6.92 Å². The van der Waals surface area contributed by atoms with Crippen LogP contribution in [0.15, 0.2) is 53.6 Å². The molecule has 1 saturated heterocycles. The molecule has 1 atom stereocenters. The topological polar surface area (TPSA) is 53.9 Å². The number of benzene rings is 2. The Bertz CT molecular complexity index is 829. The highest BCUT2D eigenvalue weighted by Gasteiger charge is 2.18. The number of likely N-dealkylation sites (tertiary alicyclic amines) is 1. The molecular weight excluding hydrogens is 374 g/mol. The van der Waals surface area contributed by atoms with Gasteiger partial charge in [-0.25, -0.2) is 5.43 Å². The molecule has 0 radical (unpaired) electrons. The third-order valence-electron chi connectivity index (χ3n) is 4.82. The standard InChI is InChI=1S/C22H26ClN3O2/c1-16-14-19(23)8-9-21(16)28-17(2)22(27)25-24-20-10-12-26(13-11-20)15-18-6-4-3-5-7-18/h3-9,14,17H,10-13,15H2,1-2H3,(H,25,27). The van der Waals surface area contributed by atoms with Crippen LogP contribution in [0.25, 0.3) is 0 Å². The second-order valence-electron chi connectivity index (χ2n) is 7.09. The van der Waals surface area contributed by atoms with Crippen molar-refractivity contribution in [2.24, 2.45) is 5.10 Å². The number of ether oxygens (including phenoxy) is 1. The van der Waals surface area contributed by atoms with Crippen LogP contribution < -0.4 is 10.2 Å². The molecular formula is C22H26ClN3O2. The third-order valence-corrected chi connectivity index (χ3v) is 5.05. The van der Waals surface area contributed by atoms with Crippen LogP contribution in [0.2, 0.25) is 5.02 Å². The Morgan fingerprint density at radius 2 is 1.93 bits per heavy atom. The van der Waals surface area contributed by atoms with E-state index in [4.69, 9.17) is 16.3 Å². The molecule has 148 valence electrons. The minimum atomic E-state index is -0.637. The number of amides is 1. The fraction of sp³-hybridized carbons (Fsp3) is 0.364. The minimum absolute atomic E-state index is 0.256. The average Bonchev–Trinajstić information content (AvgIpc) is 2.70. The number of carbonyl (C=O) groups excluding carboxylic acids is 1. The van der Waals surface area contributed by atoms with Crippen molar-refractivity contribution in [2.45, 2.75) is 39.3 Å². The van der Waals surface area contributed by atoms with Gasteiger partial charge in [0.1, 0.15) is 5.75 Å². The summed E-state index contributed by atoms with van der Waals surface area (Å²) in [4.78, 5) is 14.7. The quantitative estimate of drug-likeness (QED) is 0.741. The maximum absolute atomic E-state index is 12.3. The van der Waals surface area contributed by atoms with Crippen LogP contribution >= 0.6 is 11.6 Å². The van der Waals surface area contributed by atoms with Crippen molar-refractivity contribution in [1.29, 1.82) is 0 Å². The van der Waals surface area contributed by atoms with E-state index in [2.05, 4.69) is 39.7 Å². The number of nitrogens with zero attached hydrogens (tertiary/aromatic N) is 2. The predicted molar refractivity (Wildman–Crippen MR) is 113 cm³/mol. The van der Waals surface area contributed by atoms with E-state index in [1.165, 1.54) is 5.56 Å². The van der Waals surface area contributed by atoms with Crippen LogP contribution in [0.5, 0.6) is 5.75 Å². The lowest BCUT2D eigenvalue weighted by molar-refractivity contribution is -0.127. The highest BCUT2D eigenvalue weighted by molar-refractivity contribution is 6.30. The minimum Gasteiger partial charge on any atom is -0.481 e. The van der Waals surface area contributed by atoms with E-state index in [9.17, 15) is 4.79 Å². The van der Waals surface area contributed by atoms with E-state index in [0.29, 0.717) is 10.8 Å². The molecule has 1 unspecified atom stereocenters. The molecule has 0 bridgehead atoms. The lowest BCUT2D eigenvalue weighted by Crippen LogP contribution is -2.37. The molecule has 3 rings (SSSR count). The number of nitrogens with one attached hydrogen (secondary N) is 1. The first kappa shape index (κ1) is 20.4. The molecule has 6 heteroatoms. The first-order chi connectivity index (χ1) is 13.5. The second kappa shape index (κ2) is 9.71. The summed E-state index contributed by atoms with van der Waals surface area (Å²) in [6, 6.07) is 15.8. The van der Waals surface area contributed by atoms with Gasteiger partial charge in [-0.2, -0.15) is 5.10 Å². The van der Waals surface area contributed by atoms with Crippen LogP contribution in [-0.4, -0.2) is 35.7 Å². The van der Waals surface area contributed by atoms with E-state index in [1.54, 1.807) is 19.1 Å². The van der Waals surface area contributed by atoms with Gasteiger partial charge in [-0.05, 0) is 43.2 Å². The molecule has 2 aromatic rings. The predicted octanol–water partition coefficient (Wildman–Crippen LogP) is 4.18. The Labute approximate surface area is 171 Å². The van der Waals surface area contributed by atoms with E-state index < -0.39 is 6.10 Å². The summed E-state index contributed by atoms with van der Waals surface area (Å²) in [5.74, 6) is 0.391. The highest BCUT2D eigenvalue weighted by Crippen LogP contribution is 2.22. The number of hydrogen-bond acceptors (Lipinski definition) is 4. The van der Waals surface area contributed by atoms with Gasteiger partial charge >= 0.3 is 0 Å². The number of halogens is 1. The molecule has 28 heavy (non-hydrogen) atoms. The van der Waals surface area contributed by atoms with Crippen molar-refractivity contribution in [3.63, 3.8) is 0 Å². The normalized spacial score (nSPS) is 15.8. The summed E-state index contributed by atoms with van der Waals surface area (Å²) in [5, 5.41) is 4.96. The summed E-state index contributed by atoms with van der Waals surface area (Å²) >= 11 is 5.95. The maximum Gasteiger partial charge on any atom is 0.280 e. The zero-order valence-electron chi connectivity index (χ0n) is 16.3. The Morgan fingerprint density at radius 3 is 2.61 bits per heavy atom. The highest BCUT2D eigenvalue weighted by atomic mass is 35.5. The van der Waals surface area contributed by atoms with Gasteiger partial charge in [0, 0.05) is 43.2 Å². The molecule has 1 fully saturated rings. The number of aryl methyl sites for hydroxylation is 1. The fourth-order valence-electron chi connectivity index (χ4n) is 3.14. The Balaban J connectivity index is 1.45. The molecule has 0 aromatic heterocycles. The molecule has 0 aliphatic carbocycles. The summed E-state index contributed by atoms with van der Waals surface area (Å²) in [5.41, 5.74) is 5.88. The molecule has 0 saturated carbocycles. The van der Waals surface area contributed by atoms with Gasteiger partial charge in [-0.1, -0.05) is 41.9 Å². The average molecular weight is 400 g/mol. The number of hydrogen-bond donors (Lipinski definition) is 1. The van der Waals surface area contributed by atoms with Crippen LogP contribution in [-0.2, 0) is 11.3 Å². The number of hydrazone groups is 1. The van der Waals surface area contributed by atoms with Gasteiger partial charge in [0.05, 0.1) is 0 Å². The monoisotopic (exact) mass is 399 g/mol. The van der Waals surface area contributed by atoms with Crippen LogP contribution in [0.3, 0.4) is 0 Å². The Hall–Kier alpha value is -2.37. The number of rotatable bonds is 6. The van der Waals surface area contributed by atoms with E-state index in [-0.39, 0.29) is 5.91 Å². The van der Waals surface area contributed by atoms with E-state index in [0.717, 1.165) is 43.8 Å². The zero-order valence-corrected chi connectivity index (χ0v) is 17.1. The van der Waals surface area contributed by atoms with Crippen molar-refractivity contribution in [1.82, 2.24) is 10.3 Å². The molecule has 5 nitrogen and oxygen atoms in total. The van der Waals surface area contributed by atoms with E-state index >= 15 is 0 Å². The molecule has 1 aliphatic rings. The Morgan fingerprint density at radius 1 is 1.21 bits per heavy atom. The summed E-state index contributed by atoms with van der Waals surface area (Å²) in [6.45, 7) is 6.45. The smallest absolute Gasteiger partial charge is 0.280 e.